The molecule has 25 heavy (non-hydrogen) atoms. The summed E-state index contributed by atoms with van der Waals surface area (Å²) in [5, 5.41) is 12.7. The number of H-pyrrole nitrogens is 1. The number of thiophene rings is 1. The van der Waals surface area contributed by atoms with E-state index in [1.165, 1.54) is 4.88 Å². The Morgan fingerprint density at radius 3 is 2.92 bits per heavy atom. The van der Waals surface area contributed by atoms with Gasteiger partial charge in [0.2, 0.25) is 0 Å². The highest BCUT2D eigenvalue weighted by Crippen LogP contribution is 2.27. The highest BCUT2D eigenvalue weighted by atomic mass is 79.9. The Hall–Kier alpha value is -2.12. The van der Waals surface area contributed by atoms with Crippen molar-refractivity contribution in [2.45, 2.75) is 12.5 Å². The summed E-state index contributed by atoms with van der Waals surface area (Å²) in [6.07, 6.45) is 0.920. The Labute approximate surface area is 158 Å². The van der Waals surface area contributed by atoms with Crippen molar-refractivity contribution in [1.29, 1.82) is 0 Å². The summed E-state index contributed by atoms with van der Waals surface area (Å²) in [7, 11) is 0. The fourth-order valence-corrected chi connectivity index (χ4v) is 3.94. The molecule has 2 N–H and O–H groups in total. The zero-order chi connectivity index (χ0) is 17.2. The van der Waals surface area contributed by atoms with Crippen molar-refractivity contribution < 1.29 is 4.79 Å². The first-order valence-electron chi connectivity index (χ1n) is 8.10. The average Bonchev–Trinajstić information content (AvgIpc) is 3.36. The minimum Gasteiger partial charge on any atom is -0.353 e. The molecule has 0 bridgehead atoms. The molecular formula is C18H17BrN4OS. The smallest absolute Gasteiger partial charge is 0.251 e. The first-order chi connectivity index (χ1) is 12.2. The topological polar surface area (TPSA) is 61.0 Å². The van der Waals surface area contributed by atoms with E-state index in [2.05, 4.69) is 53.9 Å². The Bertz CT molecular complexity index is 860. The van der Waals surface area contributed by atoms with Gasteiger partial charge >= 0.3 is 0 Å². The van der Waals surface area contributed by atoms with Gasteiger partial charge in [-0.05, 0) is 42.1 Å². The maximum atomic E-state index is 12.3. The number of nitrogens with one attached hydrogen (secondary N) is 2. The van der Waals surface area contributed by atoms with Gasteiger partial charge in [-0.2, -0.15) is 5.10 Å². The summed E-state index contributed by atoms with van der Waals surface area (Å²) in [6.45, 7) is 1.66. The number of aromatic amines is 1. The molecule has 1 amide bonds. The molecule has 0 radical (unpaired) electrons. The van der Waals surface area contributed by atoms with E-state index < -0.39 is 0 Å². The second-order valence-corrected chi connectivity index (χ2v) is 7.89. The number of hydrogen-bond donors (Lipinski definition) is 2. The third kappa shape index (κ3) is 3.62. The summed E-state index contributed by atoms with van der Waals surface area (Å²) < 4.78 is 0.969. The monoisotopic (exact) mass is 416 g/mol. The molecule has 5 nitrogen and oxygen atoms in total. The number of carbonyl (C=O) groups is 1. The summed E-state index contributed by atoms with van der Waals surface area (Å²) in [5.74, 6) is 0.907. The number of aromatic nitrogens is 2. The van der Waals surface area contributed by atoms with Crippen LogP contribution in [0.4, 0.5) is 5.82 Å². The van der Waals surface area contributed by atoms with Crippen molar-refractivity contribution in [3.05, 3.63) is 57.9 Å². The van der Waals surface area contributed by atoms with E-state index in [1.807, 2.05) is 30.3 Å². The molecule has 1 aliphatic rings. The molecule has 3 heterocycles. The number of amides is 1. The lowest BCUT2D eigenvalue weighted by Crippen LogP contribution is -2.37. The molecule has 0 spiro atoms. The average molecular weight is 417 g/mol. The van der Waals surface area contributed by atoms with E-state index in [-0.39, 0.29) is 11.9 Å². The van der Waals surface area contributed by atoms with Gasteiger partial charge in [0, 0.05) is 35.2 Å². The van der Waals surface area contributed by atoms with Crippen LogP contribution in [0, 0.1) is 0 Å². The molecule has 7 heteroatoms. The van der Waals surface area contributed by atoms with Gasteiger partial charge in [-0.25, -0.2) is 0 Å². The van der Waals surface area contributed by atoms with E-state index in [1.54, 1.807) is 11.3 Å². The molecule has 1 saturated heterocycles. The molecule has 2 aromatic heterocycles. The van der Waals surface area contributed by atoms with Gasteiger partial charge in [0.15, 0.2) is 5.82 Å². The normalized spacial score (nSPS) is 17.0. The van der Waals surface area contributed by atoms with Crippen molar-refractivity contribution >= 4 is 39.0 Å². The van der Waals surface area contributed by atoms with Gasteiger partial charge in [0.05, 0.1) is 10.6 Å². The molecule has 1 aliphatic heterocycles. The number of rotatable bonds is 4. The molecule has 0 aliphatic carbocycles. The maximum absolute atomic E-state index is 12.3. The number of hydrogen-bond acceptors (Lipinski definition) is 4. The fraction of sp³-hybridized carbons (Fsp3) is 0.222. The van der Waals surface area contributed by atoms with Crippen LogP contribution in [0.15, 0.2) is 52.3 Å². The third-order valence-electron chi connectivity index (χ3n) is 4.30. The van der Waals surface area contributed by atoms with Gasteiger partial charge < -0.3 is 10.2 Å². The predicted octanol–water partition coefficient (Wildman–Crippen LogP) is 3.91. The Kier molecular flexibility index (Phi) is 4.59. The highest BCUT2D eigenvalue weighted by Gasteiger charge is 2.26. The lowest BCUT2D eigenvalue weighted by atomic mass is 10.2. The fourth-order valence-electron chi connectivity index (χ4n) is 2.99. The van der Waals surface area contributed by atoms with Gasteiger partial charge in [0.25, 0.3) is 5.91 Å². The predicted molar refractivity (Wildman–Crippen MR) is 104 cm³/mol. The minimum absolute atomic E-state index is 0.0272. The van der Waals surface area contributed by atoms with E-state index in [0.717, 1.165) is 35.5 Å². The quantitative estimate of drug-likeness (QED) is 0.677. The van der Waals surface area contributed by atoms with Gasteiger partial charge in [0.1, 0.15) is 0 Å². The van der Waals surface area contributed by atoms with Crippen molar-refractivity contribution in [3.8, 4) is 10.6 Å². The van der Waals surface area contributed by atoms with Crippen LogP contribution in [-0.2, 0) is 0 Å². The Balaban J connectivity index is 1.38. The summed E-state index contributed by atoms with van der Waals surface area (Å²) in [6, 6.07) is 13.7. The summed E-state index contributed by atoms with van der Waals surface area (Å²) in [4.78, 5) is 15.7. The standard InChI is InChI=1S/C18H17BrN4OS/c19-13-5-3-12(4-6-13)18(24)20-14-7-8-23(11-14)17-10-15(21-22-17)16-2-1-9-25-16/h1-6,9-10,14H,7-8,11H2,(H,20,24)(H,21,22)/t14-/m0/s1. The van der Waals surface area contributed by atoms with E-state index in [9.17, 15) is 4.79 Å². The number of anilines is 1. The van der Waals surface area contributed by atoms with Crippen LogP contribution in [0.25, 0.3) is 10.6 Å². The highest BCUT2D eigenvalue weighted by molar-refractivity contribution is 9.10. The molecule has 3 aromatic rings. The van der Waals surface area contributed by atoms with Gasteiger partial charge in [-0.1, -0.05) is 22.0 Å². The second-order valence-electron chi connectivity index (χ2n) is 6.03. The summed E-state index contributed by atoms with van der Waals surface area (Å²) in [5.41, 5.74) is 1.72. The van der Waals surface area contributed by atoms with E-state index >= 15 is 0 Å². The SMILES string of the molecule is O=C(N[C@H]1CCN(c2cc(-c3cccs3)[nH]n2)C1)c1ccc(Br)cc1. The maximum Gasteiger partial charge on any atom is 0.251 e. The third-order valence-corrected chi connectivity index (χ3v) is 5.74. The number of carbonyl (C=O) groups excluding carboxylic acids is 1. The molecule has 0 saturated carbocycles. The van der Waals surface area contributed by atoms with Crippen LogP contribution in [-0.4, -0.2) is 35.2 Å². The minimum atomic E-state index is -0.0272. The first-order valence-corrected chi connectivity index (χ1v) is 9.77. The largest absolute Gasteiger partial charge is 0.353 e. The molecule has 1 atom stereocenters. The number of halogens is 1. The lowest BCUT2D eigenvalue weighted by Gasteiger charge is -2.16. The van der Waals surface area contributed by atoms with Crippen molar-refractivity contribution in [3.63, 3.8) is 0 Å². The number of nitrogens with zero attached hydrogens (tertiary/aromatic N) is 2. The van der Waals surface area contributed by atoms with Gasteiger partial charge in [-0.3, -0.25) is 9.89 Å². The zero-order valence-corrected chi connectivity index (χ0v) is 15.8. The van der Waals surface area contributed by atoms with Crippen LogP contribution in [0.5, 0.6) is 0 Å². The van der Waals surface area contributed by atoms with Crippen LogP contribution in [0.1, 0.15) is 16.8 Å². The van der Waals surface area contributed by atoms with Crippen LogP contribution < -0.4 is 10.2 Å². The Morgan fingerprint density at radius 2 is 2.16 bits per heavy atom. The molecule has 4 rings (SSSR count). The number of benzene rings is 1. The lowest BCUT2D eigenvalue weighted by molar-refractivity contribution is 0.0940. The van der Waals surface area contributed by atoms with E-state index in [4.69, 9.17) is 0 Å². The molecule has 0 unspecified atom stereocenters. The molecule has 128 valence electrons. The molecular weight excluding hydrogens is 400 g/mol. The van der Waals surface area contributed by atoms with Gasteiger partial charge in [-0.15, -0.1) is 11.3 Å². The summed E-state index contributed by atoms with van der Waals surface area (Å²) >= 11 is 5.07. The van der Waals surface area contributed by atoms with Crippen LogP contribution >= 0.6 is 27.3 Å². The van der Waals surface area contributed by atoms with Crippen molar-refractivity contribution in [2.24, 2.45) is 0 Å². The first kappa shape index (κ1) is 16.4. The van der Waals surface area contributed by atoms with Crippen LogP contribution in [0.2, 0.25) is 0 Å². The zero-order valence-electron chi connectivity index (χ0n) is 13.4. The van der Waals surface area contributed by atoms with Crippen molar-refractivity contribution in [1.82, 2.24) is 15.5 Å². The molecule has 1 aromatic carbocycles. The molecule has 1 fully saturated rings. The van der Waals surface area contributed by atoms with Crippen molar-refractivity contribution in [2.75, 3.05) is 18.0 Å². The van der Waals surface area contributed by atoms with E-state index in [0.29, 0.717) is 5.56 Å². The van der Waals surface area contributed by atoms with Crippen LogP contribution in [0.3, 0.4) is 0 Å². The second kappa shape index (κ2) is 7.01. The Morgan fingerprint density at radius 1 is 1.32 bits per heavy atom.